The molecule has 0 radical (unpaired) electrons. The Morgan fingerprint density at radius 1 is 1.42 bits per heavy atom. The van der Waals surface area contributed by atoms with Gasteiger partial charge in [-0.3, -0.25) is 9.59 Å². The van der Waals surface area contributed by atoms with Crippen molar-refractivity contribution >= 4 is 33.8 Å². The molecule has 98 valence electrons. The predicted molar refractivity (Wildman–Crippen MR) is 77.3 cm³/mol. The molecule has 0 spiro atoms. The molecule has 0 bridgehead atoms. The summed E-state index contributed by atoms with van der Waals surface area (Å²) in [5.74, 6) is -0.166. The van der Waals surface area contributed by atoms with Crippen molar-refractivity contribution in [3.05, 3.63) is 52.3 Å². The zero-order valence-electron chi connectivity index (χ0n) is 10.4. The van der Waals surface area contributed by atoms with Crippen LogP contribution in [0.2, 0.25) is 0 Å². The van der Waals surface area contributed by atoms with E-state index in [1.165, 1.54) is 0 Å². The summed E-state index contributed by atoms with van der Waals surface area (Å²) in [6.45, 7) is 2.08. The van der Waals surface area contributed by atoms with E-state index in [-0.39, 0.29) is 12.5 Å². The van der Waals surface area contributed by atoms with E-state index in [0.717, 1.165) is 22.0 Å². The van der Waals surface area contributed by atoms with Crippen LogP contribution in [-0.2, 0) is 11.3 Å². The number of aldehydes is 1. The van der Waals surface area contributed by atoms with Gasteiger partial charge >= 0.3 is 0 Å². The van der Waals surface area contributed by atoms with E-state index in [0.29, 0.717) is 5.69 Å². The number of nitrogens with one attached hydrogen (secondary N) is 1. The minimum Gasteiger partial charge on any atom is -0.336 e. The fourth-order valence-corrected chi connectivity index (χ4v) is 2.00. The van der Waals surface area contributed by atoms with Gasteiger partial charge in [0.25, 0.3) is 0 Å². The highest BCUT2D eigenvalue weighted by Crippen LogP contribution is 2.20. The lowest BCUT2D eigenvalue weighted by Crippen LogP contribution is -2.19. The van der Waals surface area contributed by atoms with Gasteiger partial charge in [0.15, 0.2) is 6.29 Å². The third kappa shape index (κ3) is 3.32. The number of carbonyl (C=O) groups is 2. The summed E-state index contributed by atoms with van der Waals surface area (Å²) in [7, 11) is 0. The summed E-state index contributed by atoms with van der Waals surface area (Å²) < 4.78 is 2.60. The Morgan fingerprint density at radius 2 is 2.21 bits per heavy atom. The third-order valence-corrected chi connectivity index (χ3v) is 3.63. The van der Waals surface area contributed by atoms with Gasteiger partial charge in [0.1, 0.15) is 6.54 Å². The Kier molecular flexibility index (Phi) is 4.16. The molecular weight excluding hydrogens is 308 g/mol. The zero-order chi connectivity index (χ0) is 13.8. The number of benzene rings is 1. The average molecular weight is 321 g/mol. The van der Waals surface area contributed by atoms with Crippen molar-refractivity contribution in [1.29, 1.82) is 0 Å². The van der Waals surface area contributed by atoms with E-state index in [2.05, 4.69) is 21.2 Å². The first kappa shape index (κ1) is 13.5. The predicted octanol–water partition coefficient (Wildman–Crippen LogP) is 3.01. The molecule has 1 aromatic heterocycles. The minimum absolute atomic E-state index is 0.121. The highest BCUT2D eigenvalue weighted by atomic mass is 79.9. The summed E-state index contributed by atoms with van der Waals surface area (Å²) in [5.41, 5.74) is 2.28. The van der Waals surface area contributed by atoms with Crippen LogP contribution in [0.15, 0.2) is 41.0 Å². The molecule has 0 fully saturated rings. The molecule has 1 N–H and O–H groups in total. The van der Waals surface area contributed by atoms with Crippen LogP contribution >= 0.6 is 15.9 Å². The highest BCUT2D eigenvalue weighted by Gasteiger charge is 2.07. The molecule has 1 aromatic carbocycles. The largest absolute Gasteiger partial charge is 0.336 e. The van der Waals surface area contributed by atoms with Crippen LogP contribution in [0.4, 0.5) is 5.69 Å². The maximum absolute atomic E-state index is 11.9. The van der Waals surface area contributed by atoms with Gasteiger partial charge in [-0.15, -0.1) is 0 Å². The van der Waals surface area contributed by atoms with Crippen LogP contribution in [-0.4, -0.2) is 16.8 Å². The molecule has 0 aliphatic carbocycles. The molecule has 5 heteroatoms. The lowest BCUT2D eigenvalue weighted by Gasteiger charge is -2.08. The van der Waals surface area contributed by atoms with Crippen molar-refractivity contribution in [2.45, 2.75) is 13.5 Å². The van der Waals surface area contributed by atoms with Crippen molar-refractivity contribution < 1.29 is 9.59 Å². The number of amides is 1. The Balaban J connectivity index is 2.05. The Morgan fingerprint density at radius 3 is 2.89 bits per heavy atom. The monoisotopic (exact) mass is 320 g/mol. The Hall–Kier alpha value is -1.88. The summed E-state index contributed by atoms with van der Waals surface area (Å²) in [4.78, 5) is 22.6. The van der Waals surface area contributed by atoms with Crippen molar-refractivity contribution in [3.63, 3.8) is 0 Å². The first-order valence-electron chi connectivity index (χ1n) is 5.76. The SMILES string of the molecule is Cc1cc(NC(=O)Cn2cccc2C=O)ccc1Br. The van der Waals surface area contributed by atoms with E-state index in [4.69, 9.17) is 0 Å². The van der Waals surface area contributed by atoms with Crippen LogP contribution in [0, 0.1) is 6.92 Å². The molecule has 0 aliphatic rings. The fourth-order valence-electron chi connectivity index (χ4n) is 1.76. The van der Waals surface area contributed by atoms with Crippen molar-refractivity contribution in [2.24, 2.45) is 0 Å². The van der Waals surface area contributed by atoms with Crippen LogP contribution < -0.4 is 5.32 Å². The molecular formula is C14H13BrN2O2. The summed E-state index contributed by atoms with van der Waals surface area (Å²) in [6, 6.07) is 9.01. The van der Waals surface area contributed by atoms with Gasteiger partial charge < -0.3 is 9.88 Å². The summed E-state index contributed by atoms with van der Waals surface area (Å²) in [6.07, 6.45) is 2.44. The van der Waals surface area contributed by atoms with Crippen molar-refractivity contribution in [1.82, 2.24) is 4.57 Å². The first-order valence-corrected chi connectivity index (χ1v) is 6.56. The van der Waals surface area contributed by atoms with Crippen LogP contribution in [0.3, 0.4) is 0 Å². The van der Waals surface area contributed by atoms with Gasteiger partial charge in [0.2, 0.25) is 5.91 Å². The molecule has 0 unspecified atom stereocenters. The number of rotatable bonds is 4. The average Bonchev–Trinajstić information content (AvgIpc) is 2.81. The lowest BCUT2D eigenvalue weighted by atomic mass is 10.2. The normalized spacial score (nSPS) is 10.2. The quantitative estimate of drug-likeness (QED) is 0.880. The molecule has 1 heterocycles. The topological polar surface area (TPSA) is 51.1 Å². The van der Waals surface area contributed by atoms with Gasteiger partial charge in [0, 0.05) is 16.4 Å². The molecule has 1 amide bonds. The van der Waals surface area contributed by atoms with Gasteiger partial charge in [-0.05, 0) is 42.8 Å². The van der Waals surface area contributed by atoms with E-state index < -0.39 is 0 Å². The molecule has 2 rings (SSSR count). The smallest absolute Gasteiger partial charge is 0.244 e. The van der Waals surface area contributed by atoms with E-state index in [1.807, 2.05) is 25.1 Å². The fraction of sp³-hybridized carbons (Fsp3) is 0.143. The minimum atomic E-state index is -0.166. The van der Waals surface area contributed by atoms with Crippen molar-refractivity contribution in [2.75, 3.05) is 5.32 Å². The lowest BCUT2D eigenvalue weighted by molar-refractivity contribution is -0.116. The second-order valence-corrected chi connectivity index (χ2v) is 5.05. The Labute approximate surface area is 119 Å². The summed E-state index contributed by atoms with van der Waals surface area (Å²) in [5, 5.41) is 2.80. The standard InChI is InChI=1S/C14H13BrN2O2/c1-10-7-11(4-5-13(10)15)16-14(19)8-17-6-2-3-12(17)9-18/h2-7,9H,8H2,1H3,(H,16,19). The van der Waals surface area contributed by atoms with Gasteiger partial charge in [-0.1, -0.05) is 15.9 Å². The molecule has 0 atom stereocenters. The van der Waals surface area contributed by atoms with Crippen molar-refractivity contribution in [3.8, 4) is 0 Å². The molecule has 4 nitrogen and oxygen atoms in total. The van der Waals surface area contributed by atoms with E-state index >= 15 is 0 Å². The maximum Gasteiger partial charge on any atom is 0.244 e. The molecule has 0 saturated heterocycles. The maximum atomic E-state index is 11.9. The zero-order valence-corrected chi connectivity index (χ0v) is 12.0. The third-order valence-electron chi connectivity index (χ3n) is 2.74. The molecule has 2 aromatic rings. The Bertz CT molecular complexity index is 620. The second kappa shape index (κ2) is 5.84. The number of halogens is 1. The van der Waals surface area contributed by atoms with Gasteiger partial charge in [-0.2, -0.15) is 0 Å². The molecule has 0 aliphatic heterocycles. The van der Waals surface area contributed by atoms with Gasteiger partial charge in [0.05, 0.1) is 5.69 Å². The first-order chi connectivity index (χ1) is 9.10. The van der Waals surface area contributed by atoms with Crippen LogP contribution in [0.1, 0.15) is 16.1 Å². The number of carbonyl (C=O) groups excluding carboxylic acids is 2. The number of hydrogen-bond acceptors (Lipinski definition) is 2. The number of anilines is 1. The number of aryl methyl sites for hydroxylation is 1. The number of hydrogen-bond donors (Lipinski definition) is 1. The van der Waals surface area contributed by atoms with Crippen LogP contribution in [0.25, 0.3) is 0 Å². The number of aromatic nitrogens is 1. The summed E-state index contributed by atoms with van der Waals surface area (Å²) >= 11 is 3.41. The highest BCUT2D eigenvalue weighted by molar-refractivity contribution is 9.10. The second-order valence-electron chi connectivity index (χ2n) is 4.19. The molecule has 19 heavy (non-hydrogen) atoms. The van der Waals surface area contributed by atoms with E-state index in [9.17, 15) is 9.59 Å². The molecule has 0 saturated carbocycles. The number of nitrogens with zero attached hydrogens (tertiary/aromatic N) is 1. The van der Waals surface area contributed by atoms with Crippen LogP contribution in [0.5, 0.6) is 0 Å². The van der Waals surface area contributed by atoms with Gasteiger partial charge in [-0.25, -0.2) is 0 Å². The van der Waals surface area contributed by atoms with E-state index in [1.54, 1.807) is 22.9 Å².